The first kappa shape index (κ1) is 44.2. The van der Waals surface area contributed by atoms with Crippen LogP contribution in [0.1, 0.15) is 172 Å². The van der Waals surface area contributed by atoms with Gasteiger partial charge in [0.15, 0.2) is 0 Å². The molecule has 294 valence electrons. The van der Waals surface area contributed by atoms with Crippen LogP contribution in [0.4, 0.5) is 5.69 Å². The molecule has 6 rings (SSSR count). The van der Waals surface area contributed by atoms with Crippen LogP contribution < -0.4 is 4.90 Å². The summed E-state index contributed by atoms with van der Waals surface area (Å²) in [5.74, 6) is 3.90. The van der Waals surface area contributed by atoms with Crippen molar-refractivity contribution in [1.29, 1.82) is 0 Å². The minimum absolute atomic E-state index is 0.352. The largest absolute Gasteiger partial charge is 0.370 e. The van der Waals surface area contributed by atoms with Crippen LogP contribution >= 0.6 is 0 Å². The summed E-state index contributed by atoms with van der Waals surface area (Å²) in [6.45, 7) is 35.1. The standard InChI is InChI=1S/C13H17N.C13H19N.C13H26.C11H22/c1-13(2,3)8-10-9-14-12-7-5-4-6-11(10)12;1-13(2,3)10-14-9-8-11-6-4-5-7-12(11)14;1-11(13(2,3)4)10-12-8-6-5-7-9-12;1-9(11(2,3)4)8-10-6-5-7-10/h4-7,9,14H,8H2,1-3H3;4-7H,8-10H2,1-3H3;11-12H,5-10H2,1-4H3;9-10H,5-8H2,1-4H3. The Hall–Kier alpha value is -2.22. The molecule has 1 aromatic heterocycles. The highest BCUT2D eigenvalue weighted by molar-refractivity contribution is 5.83. The average molecular weight is 713 g/mol. The van der Waals surface area contributed by atoms with Gasteiger partial charge in [0.2, 0.25) is 0 Å². The number of fused-ring (bicyclic) bond motifs is 2. The van der Waals surface area contributed by atoms with Gasteiger partial charge in [0, 0.05) is 35.9 Å². The zero-order valence-corrected chi connectivity index (χ0v) is 36.9. The molecular formula is C50H84N2. The molecule has 0 bridgehead atoms. The van der Waals surface area contributed by atoms with Crippen LogP contribution in [0.25, 0.3) is 10.9 Å². The van der Waals surface area contributed by atoms with Crippen molar-refractivity contribution in [3.8, 4) is 0 Å². The number of rotatable bonds is 6. The van der Waals surface area contributed by atoms with Crippen molar-refractivity contribution in [3.05, 3.63) is 65.9 Å². The van der Waals surface area contributed by atoms with Gasteiger partial charge in [0.05, 0.1) is 0 Å². The van der Waals surface area contributed by atoms with Gasteiger partial charge in [-0.2, -0.15) is 0 Å². The number of nitrogens with zero attached hydrogens (tertiary/aromatic N) is 1. The number of aromatic nitrogens is 1. The molecule has 1 N–H and O–H groups in total. The lowest BCUT2D eigenvalue weighted by atomic mass is 9.72. The van der Waals surface area contributed by atoms with E-state index >= 15 is 0 Å². The Morgan fingerprint density at radius 2 is 1.15 bits per heavy atom. The second kappa shape index (κ2) is 19.4. The number of aromatic amines is 1. The minimum atomic E-state index is 0.352. The highest BCUT2D eigenvalue weighted by Crippen LogP contribution is 2.39. The highest BCUT2D eigenvalue weighted by atomic mass is 15.2. The summed E-state index contributed by atoms with van der Waals surface area (Å²) in [5, 5.41) is 1.36. The second-order valence-corrected chi connectivity index (χ2v) is 21.8. The Balaban J connectivity index is 0.000000188. The minimum Gasteiger partial charge on any atom is -0.370 e. The summed E-state index contributed by atoms with van der Waals surface area (Å²) in [5.41, 5.74) is 7.40. The number of para-hydroxylation sites is 2. The maximum absolute atomic E-state index is 3.31. The van der Waals surface area contributed by atoms with Crippen LogP contribution in [0.15, 0.2) is 54.7 Å². The lowest BCUT2D eigenvalue weighted by Gasteiger charge is -2.34. The molecule has 0 saturated heterocycles. The summed E-state index contributed by atoms with van der Waals surface area (Å²) < 4.78 is 0. The maximum atomic E-state index is 3.31. The van der Waals surface area contributed by atoms with E-state index in [4.69, 9.17) is 0 Å². The predicted molar refractivity (Wildman–Crippen MR) is 234 cm³/mol. The highest BCUT2D eigenvalue weighted by Gasteiger charge is 2.27. The van der Waals surface area contributed by atoms with Crippen molar-refractivity contribution in [1.82, 2.24) is 4.98 Å². The molecule has 2 aliphatic carbocycles. The van der Waals surface area contributed by atoms with E-state index in [1.165, 1.54) is 105 Å². The van der Waals surface area contributed by atoms with Crippen LogP contribution in [0, 0.1) is 45.3 Å². The molecule has 3 aliphatic rings. The van der Waals surface area contributed by atoms with Gasteiger partial charge in [-0.1, -0.05) is 185 Å². The van der Waals surface area contributed by atoms with E-state index < -0.39 is 0 Å². The van der Waals surface area contributed by atoms with E-state index in [2.05, 4.69) is 162 Å². The molecule has 0 radical (unpaired) electrons. The van der Waals surface area contributed by atoms with Crippen LogP contribution in [0.2, 0.25) is 0 Å². The number of benzene rings is 2. The Morgan fingerprint density at radius 1 is 0.635 bits per heavy atom. The summed E-state index contributed by atoms with van der Waals surface area (Å²) >= 11 is 0. The first-order valence-electron chi connectivity index (χ1n) is 21.5. The normalized spacial score (nSPS) is 18.2. The topological polar surface area (TPSA) is 19.0 Å². The summed E-state index contributed by atoms with van der Waals surface area (Å²) in [4.78, 5) is 5.82. The third-order valence-corrected chi connectivity index (χ3v) is 12.3. The van der Waals surface area contributed by atoms with Gasteiger partial charge in [0.1, 0.15) is 0 Å². The summed E-state index contributed by atoms with van der Waals surface area (Å²) in [7, 11) is 0. The number of hydrogen-bond acceptors (Lipinski definition) is 1. The molecule has 2 atom stereocenters. The fourth-order valence-corrected chi connectivity index (χ4v) is 7.85. The summed E-state index contributed by atoms with van der Waals surface area (Å²) in [6.07, 6.45) is 19.3. The van der Waals surface area contributed by atoms with E-state index in [1.54, 1.807) is 0 Å². The molecule has 1 aliphatic heterocycles. The molecule has 3 aromatic rings. The van der Waals surface area contributed by atoms with Crippen molar-refractivity contribution in [3.63, 3.8) is 0 Å². The van der Waals surface area contributed by atoms with Crippen LogP contribution in [-0.2, 0) is 12.8 Å². The molecular weight excluding hydrogens is 629 g/mol. The van der Waals surface area contributed by atoms with Gasteiger partial charge >= 0.3 is 0 Å². The van der Waals surface area contributed by atoms with Crippen molar-refractivity contribution in [2.24, 2.45) is 45.3 Å². The monoisotopic (exact) mass is 713 g/mol. The van der Waals surface area contributed by atoms with Gasteiger partial charge < -0.3 is 9.88 Å². The van der Waals surface area contributed by atoms with Crippen LogP contribution in [0.3, 0.4) is 0 Å². The average Bonchev–Trinajstić information content (AvgIpc) is 3.61. The Bertz CT molecular complexity index is 1420. The van der Waals surface area contributed by atoms with E-state index in [-0.39, 0.29) is 0 Å². The van der Waals surface area contributed by atoms with Crippen LogP contribution in [-0.4, -0.2) is 18.1 Å². The smallest absolute Gasteiger partial charge is 0.0456 e. The predicted octanol–water partition coefficient (Wildman–Crippen LogP) is 15.3. The first-order valence-corrected chi connectivity index (χ1v) is 21.5. The van der Waals surface area contributed by atoms with E-state index in [0.717, 1.165) is 36.6 Å². The molecule has 52 heavy (non-hydrogen) atoms. The fraction of sp³-hybridized carbons (Fsp3) is 0.720. The van der Waals surface area contributed by atoms with E-state index in [9.17, 15) is 0 Å². The first-order chi connectivity index (χ1) is 24.1. The molecule has 2 nitrogen and oxygen atoms in total. The third kappa shape index (κ3) is 15.6. The Labute approximate surface area is 323 Å². The molecule has 0 spiro atoms. The molecule has 2 heteroatoms. The van der Waals surface area contributed by atoms with Gasteiger partial charge in [-0.05, 0) is 94.3 Å². The number of H-pyrrole nitrogens is 1. The number of nitrogens with one attached hydrogen (secondary N) is 1. The van der Waals surface area contributed by atoms with E-state index in [0.29, 0.717) is 21.7 Å². The van der Waals surface area contributed by atoms with Crippen molar-refractivity contribution < 1.29 is 0 Å². The number of hydrogen-bond donors (Lipinski definition) is 1. The molecule has 0 amide bonds. The van der Waals surface area contributed by atoms with Gasteiger partial charge in [0.25, 0.3) is 0 Å². The molecule has 2 saturated carbocycles. The van der Waals surface area contributed by atoms with Gasteiger partial charge in [-0.3, -0.25) is 0 Å². The SMILES string of the molecule is CC(C)(C)CN1CCc2ccccc21.CC(C)(C)Cc1c[nH]c2ccccc12.CC(CC1CCC1)C(C)(C)C.CC(CC1CCCCC1)C(C)(C)C. The maximum Gasteiger partial charge on any atom is 0.0456 e. The van der Waals surface area contributed by atoms with Crippen molar-refractivity contribution >= 4 is 16.6 Å². The quantitative estimate of drug-likeness (QED) is 0.270. The third-order valence-electron chi connectivity index (χ3n) is 12.3. The zero-order chi connectivity index (χ0) is 38.7. The van der Waals surface area contributed by atoms with Crippen molar-refractivity contribution in [2.45, 2.75) is 174 Å². The zero-order valence-electron chi connectivity index (χ0n) is 36.9. The lowest BCUT2D eigenvalue weighted by Crippen LogP contribution is -2.31. The Morgan fingerprint density at radius 3 is 1.65 bits per heavy atom. The molecule has 2 unspecified atom stereocenters. The number of anilines is 1. The molecule has 2 fully saturated rings. The summed E-state index contributed by atoms with van der Waals surface area (Å²) in [6, 6.07) is 17.3. The van der Waals surface area contributed by atoms with Gasteiger partial charge in [-0.25, -0.2) is 0 Å². The van der Waals surface area contributed by atoms with E-state index in [1.807, 2.05) is 0 Å². The Kier molecular flexibility index (Phi) is 16.5. The van der Waals surface area contributed by atoms with Crippen molar-refractivity contribution in [2.75, 3.05) is 18.0 Å². The fourth-order valence-electron chi connectivity index (χ4n) is 7.85. The second-order valence-electron chi connectivity index (χ2n) is 21.8. The van der Waals surface area contributed by atoms with Gasteiger partial charge in [-0.15, -0.1) is 0 Å². The lowest BCUT2D eigenvalue weighted by molar-refractivity contribution is 0.171. The molecule has 2 aromatic carbocycles. The molecule has 2 heterocycles. The van der Waals surface area contributed by atoms with Crippen LogP contribution in [0.5, 0.6) is 0 Å².